The number of hydrogen-bond acceptors (Lipinski definition) is 3. The molecule has 1 amide bonds. The second-order valence-corrected chi connectivity index (χ2v) is 4.58. The van der Waals surface area contributed by atoms with Gasteiger partial charge in [-0.1, -0.05) is 6.92 Å². The highest BCUT2D eigenvalue weighted by atomic mass is 16.1. The number of rotatable bonds is 4. The van der Waals surface area contributed by atoms with E-state index in [1.807, 2.05) is 17.7 Å². The van der Waals surface area contributed by atoms with Gasteiger partial charge in [-0.05, 0) is 26.3 Å². The first-order chi connectivity index (χ1) is 8.63. The molecule has 0 aromatic carbocycles. The number of fused-ring (bicyclic) bond motifs is 1. The molecule has 0 spiro atoms. The SMILES string of the molecule is CCCNC(=O)c1cnc2c(cnn2C(C)C)c1. The molecule has 0 bridgehead atoms. The molecule has 0 fully saturated rings. The van der Waals surface area contributed by atoms with Gasteiger partial charge >= 0.3 is 0 Å². The van der Waals surface area contributed by atoms with E-state index in [0.717, 1.165) is 17.5 Å². The van der Waals surface area contributed by atoms with Gasteiger partial charge in [0.15, 0.2) is 5.65 Å². The highest BCUT2D eigenvalue weighted by Gasteiger charge is 2.11. The van der Waals surface area contributed by atoms with Crippen molar-refractivity contribution >= 4 is 16.9 Å². The molecular weight excluding hydrogens is 228 g/mol. The van der Waals surface area contributed by atoms with E-state index >= 15 is 0 Å². The minimum Gasteiger partial charge on any atom is -0.352 e. The van der Waals surface area contributed by atoms with E-state index in [-0.39, 0.29) is 11.9 Å². The summed E-state index contributed by atoms with van der Waals surface area (Å²) >= 11 is 0. The van der Waals surface area contributed by atoms with Gasteiger partial charge in [0.05, 0.1) is 11.8 Å². The van der Waals surface area contributed by atoms with Crippen LogP contribution in [0.25, 0.3) is 11.0 Å². The van der Waals surface area contributed by atoms with E-state index in [9.17, 15) is 4.79 Å². The molecule has 2 aromatic rings. The molecule has 0 aliphatic carbocycles. The molecule has 0 radical (unpaired) electrons. The van der Waals surface area contributed by atoms with Crippen molar-refractivity contribution < 1.29 is 4.79 Å². The second kappa shape index (κ2) is 5.16. The first-order valence-corrected chi connectivity index (χ1v) is 6.25. The molecule has 18 heavy (non-hydrogen) atoms. The maximum Gasteiger partial charge on any atom is 0.252 e. The summed E-state index contributed by atoms with van der Waals surface area (Å²) in [5.74, 6) is -0.0800. The highest BCUT2D eigenvalue weighted by Crippen LogP contribution is 2.16. The lowest BCUT2D eigenvalue weighted by atomic mass is 10.2. The molecule has 2 heterocycles. The topological polar surface area (TPSA) is 59.8 Å². The van der Waals surface area contributed by atoms with E-state index in [1.54, 1.807) is 12.4 Å². The summed E-state index contributed by atoms with van der Waals surface area (Å²) in [6, 6.07) is 2.09. The molecule has 1 N–H and O–H groups in total. The van der Waals surface area contributed by atoms with Crippen LogP contribution in [-0.2, 0) is 0 Å². The van der Waals surface area contributed by atoms with Gasteiger partial charge in [-0.25, -0.2) is 9.67 Å². The van der Waals surface area contributed by atoms with Crippen LogP contribution in [0, 0.1) is 0 Å². The number of amides is 1. The Balaban J connectivity index is 2.31. The van der Waals surface area contributed by atoms with E-state index in [0.29, 0.717) is 12.1 Å². The molecule has 0 aliphatic rings. The minimum atomic E-state index is -0.0800. The highest BCUT2D eigenvalue weighted by molar-refractivity contribution is 5.96. The first-order valence-electron chi connectivity index (χ1n) is 6.25. The number of pyridine rings is 1. The average Bonchev–Trinajstić information content (AvgIpc) is 2.78. The van der Waals surface area contributed by atoms with E-state index in [4.69, 9.17) is 0 Å². The maximum atomic E-state index is 11.8. The third-order valence-electron chi connectivity index (χ3n) is 2.72. The lowest BCUT2D eigenvalue weighted by Gasteiger charge is -2.06. The molecule has 2 aromatic heterocycles. The summed E-state index contributed by atoms with van der Waals surface area (Å²) in [6.07, 6.45) is 4.28. The Hall–Kier alpha value is -1.91. The summed E-state index contributed by atoms with van der Waals surface area (Å²) in [6.45, 7) is 6.81. The molecule has 0 saturated carbocycles. The van der Waals surface area contributed by atoms with Crippen molar-refractivity contribution in [2.24, 2.45) is 0 Å². The Morgan fingerprint density at radius 3 is 2.89 bits per heavy atom. The van der Waals surface area contributed by atoms with Crippen molar-refractivity contribution in [2.45, 2.75) is 33.2 Å². The molecule has 2 rings (SSSR count). The fourth-order valence-electron chi connectivity index (χ4n) is 1.78. The largest absolute Gasteiger partial charge is 0.352 e. The summed E-state index contributed by atoms with van der Waals surface area (Å²) in [5, 5.41) is 8.01. The number of carbonyl (C=O) groups excluding carboxylic acids is 1. The van der Waals surface area contributed by atoms with Crippen LogP contribution >= 0.6 is 0 Å². The molecular formula is C13H18N4O. The Morgan fingerprint density at radius 1 is 1.44 bits per heavy atom. The third-order valence-corrected chi connectivity index (χ3v) is 2.72. The van der Waals surface area contributed by atoms with Gasteiger partial charge < -0.3 is 5.32 Å². The fraction of sp³-hybridized carbons (Fsp3) is 0.462. The molecule has 0 aliphatic heterocycles. The summed E-state index contributed by atoms with van der Waals surface area (Å²) in [4.78, 5) is 16.1. The number of hydrogen-bond donors (Lipinski definition) is 1. The molecule has 0 saturated heterocycles. The van der Waals surface area contributed by atoms with Crippen molar-refractivity contribution in [1.82, 2.24) is 20.1 Å². The molecule has 0 unspecified atom stereocenters. The van der Waals surface area contributed by atoms with Crippen molar-refractivity contribution in [3.8, 4) is 0 Å². The second-order valence-electron chi connectivity index (χ2n) is 4.58. The van der Waals surface area contributed by atoms with Crippen molar-refractivity contribution in [3.63, 3.8) is 0 Å². The van der Waals surface area contributed by atoms with Crippen LogP contribution in [0.15, 0.2) is 18.5 Å². The zero-order chi connectivity index (χ0) is 13.1. The van der Waals surface area contributed by atoms with Crippen LogP contribution in [0.4, 0.5) is 0 Å². The van der Waals surface area contributed by atoms with Gasteiger partial charge in [-0.2, -0.15) is 5.10 Å². The molecule has 5 heteroatoms. The van der Waals surface area contributed by atoms with E-state index < -0.39 is 0 Å². The van der Waals surface area contributed by atoms with Crippen LogP contribution in [-0.4, -0.2) is 27.2 Å². The number of carbonyl (C=O) groups is 1. The van der Waals surface area contributed by atoms with Crippen molar-refractivity contribution in [2.75, 3.05) is 6.54 Å². The standard InChI is InChI=1S/C13H18N4O/c1-4-5-14-13(18)11-6-10-8-16-17(9(2)3)12(10)15-7-11/h6-9H,4-5H2,1-3H3,(H,14,18). The maximum absolute atomic E-state index is 11.8. The fourth-order valence-corrected chi connectivity index (χ4v) is 1.78. The predicted octanol–water partition coefficient (Wildman–Crippen LogP) is 2.15. The van der Waals surface area contributed by atoms with Gasteiger partial charge in [-0.3, -0.25) is 4.79 Å². The van der Waals surface area contributed by atoms with Crippen LogP contribution < -0.4 is 5.32 Å². The van der Waals surface area contributed by atoms with E-state index in [2.05, 4.69) is 29.2 Å². The van der Waals surface area contributed by atoms with Gasteiger partial charge in [-0.15, -0.1) is 0 Å². The molecule has 0 atom stereocenters. The molecule has 96 valence electrons. The van der Waals surface area contributed by atoms with E-state index in [1.165, 1.54) is 0 Å². The lowest BCUT2D eigenvalue weighted by molar-refractivity contribution is 0.0953. The Kier molecular flexibility index (Phi) is 3.60. The van der Waals surface area contributed by atoms with Crippen LogP contribution in [0.1, 0.15) is 43.6 Å². The van der Waals surface area contributed by atoms with Gasteiger partial charge in [0.25, 0.3) is 5.91 Å². The Bertz CT molecular complexity index is 559. The van der Waals surface area contributed by atoms with Gasteiger partial charge in [0.2, 0.25) is 0 Å². The smallest absolute Gasteiger partial charge is 0.252 e. The normalized spacial score (nSPS) is 11.1. The summed E-state index contributed by atoms with van der Waals surface area (Å²) in [5.41, 5.74) is 1.40. The van der Waals surface area contributed by atoms with Crippen LogP contribution in [0.5, 0.6) is 0 Å². The third kappa shape index (κ3) is 2.34. The Labute approximate surface area is 106 Å². The van der Waals surface area contributed by atoms with Crippen LogP contribution in [0.2, 0.25) is 0 Å². The lowest BCUT2D eigenvalue weighted by Crippen LogP contribution is -2.24. The zero-order valence-corrected chi connectivity index (χ0v) is 11.0. The summed E-state index contributed by atoms with van der Waals surface area (Å²) < 4.78 is 1.85. The monoisotopic (exact) mass is 246 g/mol. The zero-order valence-electron chi connectivity index (χ0n) is 11.0. The number of nitrogens with one attached hydrogen (secondary N) is 1. The Morgan fingerprint density at radius 2 is 2.22 bits per heavy atom. The van der Waals surface area contributed by atoms with Crippen molar-refractivity contribution in [1.29, 1.82) is 0 Å². The van der Waals surface area contributed by atoms with Crippen molar-refractivity contribution in [3.05, 3.63) is 24.0 Å². The molecule has 5 nitrogen and oxygen atoms in total. The quantitative estimate of drug-likeness (QED) is 0.899. The first kappa shape index (κ1) is 12.5. The number of nitrogens with zero attached hydrogens (tertiary/aromatic N) is 3. The predicted molar refractivity (Wildman–Crippen MR) is 70.5 cm³/mol. The number of aromatic nitrogens is 3. The van der Waals surface area contributed by atoms with Gasteiger partial charge in [0.1, 0.15) is 0 Å². The minimum absolute atomic E-state index is 0.0800. The average molecular weight is 246 g/mol. The van der Waals surface area contributed by atoms with Gasteiger partial charge in [0, 0.05) is 24.2 Å². The van der Waals surface area contributed by atoms with Crippen LogP contribution in [0.3, 0.4) is 0 Å². The summed E-state index contributed by atoms with van der Waals surface area (Å²) in [7, 11) is 0.